The van der Waals surface area contributed by atoms with Gasteiger partial charge in [-0.1, -0.05) is 0 Å². The zero-order valence-corrected chi connectivity index (χ0v) is 10.3. The van der Waals surface area contributed by atoms with Gasteiger partial charge < -0.3 is 5.32 Å². The summed E-state index contributed by atoms with van der Waals surface area (Å²) >= 11 is 1.41. The van der Waals surface area contributed by atoms with Crippen molar-refractivity contribution in [3.8, 4) is 6.07 Å². The summed E-state index contributed by atoms with van der Waals surface area (Å²) in [5, 5.41) is 14.1. The Hall–Kier alpha value is -2.07. The molecule has 0 radical (unpaired) electrons. The maximum Gasteiger partial charge on any atom is 0.417 e. The van der Waals surface area contributed by atoms with Gasteiger partial charge in [0.05, 0.1) is 23.7 Å². The largest absolute Gasteiger partial charge is 0.417 e. The topological polar surface area (TPSA) is 48.7 Å². The van der Waals surface area contributed by atoms with Crippen molar-refractivity contribution in [1.29, 1.82) is 5.26 Å². The lowest BCUT2D eigenvalue weighted by atomic mass is 10.1. The van der Waals surface area contributed by atoms with Gasteiger partial charge in [0.25, 0.3) is 0 Å². The highest BCUT2D eigenvalue weighted by Crippen LogP contribution is 2.33. The molecule has 1 aromatic heterocycles. The maximum atomic E-state index is 12.7. The van der Waals surface area contributed by atoms with Crippen molar-refractivity contribution in [3.05, 3.63) is 45.9 Å². The van der Waals surface area contributed by atoms with Gasteiger partial charge in [0.2, 0.25) is 0 Å². The number of rotatable bonds is 3. The molecule has 98 valence electrons. The summed E-state index contributed by atoms with van der Waals surface area (Å²) in [5.74, 6) is 0. The average molecular weight is 283 g/mol. The molecule has 3 nitrogen and oxygen atoms in total. The molecule has 0 saturated carbocycles. The van der Waals surface area contributed by atoms with Crippen molar-refractivity contribution in [2.75, 3.05) is 5.32 Å². The van der Waals surface area contributed by atoms with Crippen molar-refractivity contribution in [1.82, 2.24) is 4.98 Å². The van der Waals surface area contributed by atoms with Crippen molar-refractivity contribution in [2.45, 2.75) is 12.7 Å². The number of nitriles is 1. The summed E-state index contributed by atoms with van der Waals surface area (Å²) in [6.45, 7) is 0.348. The standard InChI is InChI=1S/C12H8F3N3S/c13-12(14,15)10-5-9(2-1-8(10)6-16)18-7-11-17-3-4-19-11/h1-5,18H,7H2. The fourth-order valence-electron chi connectivity index (χ4n) is 1.50. The van der Waals surface area contributed by atoms with Gasteiger partial charge in [0.15, 0.2) is 0 Å². The molecule has 0 bridgehead atoms. The minimum atomic E-state index is -4.54. The molecule has 0 aliphatic carbocycles. The molecule has 7 heteroatoms. The number of nitrogens with zero attached hydrogens (tertiary/aromatic N) is 2. The predicted molar refractivity (Wildman–Crippen MR) is 65.6 cm³/mol. The molecule has 0 saturated heterocycles. The van der Waals surface area contributed by atoms with Crippen LogP contribution in [-0.4, -0.2) is 4.98 Å². The van der Waals surface area contributed by atoms with E-state index >= 15 is 0 Å². The number of halogens is 3. The second-order valence-electron chi connectivity index (χ2n) is 3.65. The fraction of sp³-hybridized carbons (Fsp3) is 0.167. The molecule has 0 aliphatic rings. The van der Waals surface area contributed by atoms with Gasteiger partial charge >= 0.3 is 6.18 Å². The smallest absolute Gasteiger partial charge is 0.379 e. The first kappa shape index (κ1) is 13.4. The Kier molecular flexibility index (Phi) is 3.71. The number of nitrogens with one attached hydrogen (secondary N) is 1. The summed E-state index contributed by atoms with van der Waals surface area (Å²) in [7, 11) is 0. The van der Waals surface area contributed by atoms with E-state index in [4.69, 9.17) is 5.26 Å². The minimum absolute atomic E-state index is 0.307. The van der Waals surface area contributed by atoms with Crippen LogP contribution in [0, 0.1) is 11.3 Å². The van der Waals surface area contributed by atoms with Crippen LogP contribution in [0.15, 0.2) is 29.8 Å². The molecule has 0 fully saturated rings. The van der Waals surface area contributed by atoms with Crippen LogP contribution in [0.25, 0.3) is 0 Å². The van der Waals surface area contributed by atoms with Crippen molar-refractivity contribution in [2.24, 2.45) is 0 Å². The Morgan fingerprint density at radius 2 is 2.16 bits per heavy atom. The second kappa shape index (κ2) is 5.28. The summed E-state index contributed by atoms with van der Waals surface area (Å²) in [6.07, 6.45) is -2.91. The number of benzene rings is 1. The number of aromatic nitrogens is 1. The Bertz CT molecular complexity index is 600. The molecule has 0 spiro atoms. The quantitative estimate of drug-likeness (QED) is 0.935. The molecule has 0 atom stereocenters. The molecule has 1 heterocycles. The first-order chi connectivity index (χ1) is 9.00. The maximum absolute atomic E-state index is 12.7. The van der Waals surface area contributed by atoms with Crippen molar-refractivity contribution in [3.63, 3.8) is 0 Å². The van der Waals surface area contributed by atoms with Crippen LogP contribution in [0.1, 0.15) is 16.1 Å². The van der Waals surface area contributed by atoms with Crippen molar-refractivity contribution >= 4 is 17.0 Å². The van der Waals surface area contributed by atoms with E-state index in [1.807, 2.05) is 0 Å². The lowest BCUT2D eigenvalue weighted by molar-refractivity contribution is -0.137. The zero-order chi connectivity index (χ0) is 13.9. The average Bonchev–Trinajstić information content (AvgIpc) is 2.88. The summed E-state index contributed by atoms with van der Waals surface area (Å²) in [6, 6.07) is 5.08. The highest BCUT2D eigenvalue weighted by molar-refractivity contribution is 7.09. The molecule has 19 heavy (non-hydrogen) atoms. The first-order valence-electron chi connectivity index (χ1n) is 5.24. The molecule has 1 aromatic carbocycles. The SMILES string of the molecule is N#Cc1ccc(NCc2nccs2)cc1C(F)(F)F. The van der Waals surface area contributed by atoms with Gasteiger partial charge in [-0.15, -0.1) is 11.3 Å². The van der Waals surface area contributed by atoms with E-state index in [0.29, 0.717) is 12.2 Å². The highest BCUT2D eigenvalue weighted by atomic mass is 32.1. The van der Waals surface area contributed by atoms with Gasteiger partial charge in [0, 0.05) is 17.3 Å². The van der Waals surface area contributed by atoms with E-state index in [1.54, 1.807) is 17.6 Å². The molecule has 1 N–H and O–H groups in total. The third kappa shape index (κ3) is 3.23. The monoisotopic (exact) mass is 283 g/mol. The molecular weight excluding hydrogens is 275 g/mol. The van der Waals surface area contributed by atoms with E-state index < -0.39 is 11.7 Å². The van der Waals surface area contributed by atoms with Crippen LogP contribution in [0.4, 0.5) is 18.9 Å². The lowest BCUT2D eigenvalue weighted by Crippen LogP contribution is -2.09. The predicted octanol–water partition coefficient (Wildman–Crippen LogP) is 3.65. The third-order valence-corrected chi connectivity index (χ3v) is 3.15. The molecular formula is C12H8F3N3S. The van der Waals surface area contributed by atoms with Gasteiger partial charge in [-0.25, -0.2) is 4.98 Å². The lowest BCUT2D eigenvalue weighted by Gasteiger charge is -2.11. The van der Waals surface area contributed by atoms with E-state index in [9.17, 15) is 13.2 Å². The number of hydrogen-bond acceptors (Lipinski definition) is 4. The van der Waals surface area contributed by atoms with E-state index in [-0.39, 0.29) is 5.56 Å². The van der Waals surface area contributed by atoms with Crippen LogP contribution in [0.2, 0.25) is 0 Å². The number of hydrogen-bond donors (Lipinski definition) is 1. The van der Waals surface area contributed by atoms with Crippen LogP contribution in [0.3, 0.4) is 0 Å². The molecule has 0 amide bonds. The van der Waals surface area contributed by atoms with Crippen LogP contribution < -0.4 is 5.32 Å². The number of anilines is 1. The molecule has 2 rings (SSSR count). The van der Waals surface area contributed by atoms with Gasteiger partial charge in [0.1, 0.15) is 5.01 Å². The third-order valence-electron chi connectivity index (χ3n) is 2.37. The van der Waals surface area contributed by atoms with Gasteiger partial charge in [-0.3, -0.25) is 0 Å². The molecule has 0 aliphatic heterocycles. The second-order valence-corrected chi connectivity index (χ2v) is 4.63. The van der Waals surface area contributed by atoms with E-state index in [2.05, 4.69) is 10.3 Å². The Morgan fingerprint density at radius 3 is 2.74 bits per heavy atom. The van der Waals surface area contributed by atoms with Gasteiger partial charge in [-0.05, 0) is 18.2 Å². The number of thiazole rings is 1. The molecule has 2 aromatic rings. The van der Waals surface area contributed by atoms with Crippen molar-refractivity contribution < 1.29 is 13.2 Å². The Labute approximate surface area is 111 Å². The summed E-state index contributed by atoms with van der Waals surface area (Å²) in [5.41, 5.74) is -1.01. The highest BCUT2D eigenvalue weighted by Gasteiger charge is 2.33. The minimum Gasteiger partial charge on any atom is -0.379 e. The van der Waals surface area contributed by atoms with Crippen LogP contribution in [0.5, 0.6) is 0 Å². The molecule has 0 unspecified atom stereocenters. The first-order valence-corrected chi connectivity index (χ1v) is 6.12. The Morgan fingerprint density at radius 1 is 1.37 bits per heavy atom. The van der Waals surface area contributed by atoms with E-state index in [0.717, 1.165) is 17.1 Å². The number of alkyl halides is 3. The summed E-state index contributed by atoms with van der Waals surface area (Å²) < 4.78 is 38.2. The zero-order valence-electron chi connectivity index (χ0n) is 9.53. The van der Waals surface area contributed by atoms with Gasteiger partial charge in [-0.2, -0.15) is 18.4 Å². The van der Waals surface area contributed by atoms with Crippen LogP contribution >= 0.6 is 11.3 Å². The normalized spacial score (nSPS) is 11.1. The fourth-order valence-corrected chi connectivity index (χ4v) is 2.06. The summed E-state index contributed by atoms with van der Waals surface area (Å²) in [4.78, 5) is 4.02. The van der Waals surface area contributed by atoms with E-state index in [1.165, 1.54) is 17.4 Å². The van der Waals surface area contributed by atoms with Crippen LogP contribution in [-0.2, 0) is 12.7 Å². The Balaban J connectivity index is 2.21.